The monoisotopic (exact) mass is 434 g/mol. The van der Waals surface area contributed by atoms with E-state index in [-0.39, 0.29) is 23.1 Å². The van der Waals surface area contributed by atoms with E-state index in [0.717, 1.165) is 55.2 Å². The number of rotatable bonds is 8. The second-order valence-electron chi connectivity index (χ2n) is 8.03. The van der Waals surface area contributed by atoms with Crippen molar-refractivity contribution in [2.45, 2.75) is 63.7 Å². The predicted octanol–water partition coefficient (Wildman–Crippen LogP) is 4.42. The Morgan fingerprint density at radius 1 is 1.19 bits per heavy atom. The first-order valence-electron chi connectivity index (χ1n) is 10.4. The van der Waals surface area contributed by atoms with Crippen LogP contribution in [-0.4, -0.2) is 36.3 Å². The van der Waals surface area contributed by atoms with E-state index < -0.39 is 0 Å². The molecule has 1 aliphatic carbocycles. The number of likely N-dealkylation sites (tertiary alicyclic amines) is 1. The van der Waals surface area contributed by atoms with Gasteiger partial charge in [0.05, 0.1) is 11.3 Å². The van der Waals surface area contributed by atoms with E-state index in [2.05, 4.69) is 40.3 Å². The molecule has 1 N–H and O–H groups in total. The minimum Gasteiger partial charge on any atom is -0.356 e. The molecule has 1 saturated heterocycles. The van der Waals surface area contributed by atoms with Gasteiger partial charge in [0.2, 0.25) is 11.8 Å². The number of halogens is 1. The van der Waals surface area contributed by atoms with E-state index in [4.69, 9.17) is 0 Å². The molecule has 0 spiro atoms. The molecule has 1 aromatic rings. The molecule has 27 heavy (non-hydrogen) atoms. The highest BCUT2D eigenvalue weighted by molar-refractivity contribution is 9.10. The number of hydrogen-bond donors (Lipinski definition) is 1. The second kappa shape index (κ2) is 9.22. The highest BCUT2D eigenvalue weighted by atomic mass is 79.9. The van der Waals surface area contributed by atoms with Gasteiger partial charge < -0.3 is 10.2 Å². The number of nitrogens with one attached hydrogen (secondary N) is 1. The summed E-state index contributed by atoms with van der Waals surface area (Å²) in [6.07, 6.45) is 8.26. The van der Waals surface area contributed by atoms with Gasteiger partial charge in [-0.3, -0.25) is 9.59 Å². The first-order valence-corrected chi connectivity index (χ1v) is 11.2. The maximum Gasteiger partial charge on any atom is 0.233 e. The zero-order valence-electron chi connectivity index (χ0n) is 16.3. The molecular formula is C22H31BrN2O2. The van der Waals surface area contributed by atoms with Crippen molar-refractivity contribution in [2.24, 2.45) is 5.92 Å². The largest absolute Gasteiger partial charge is 0.356 e. The average Bonchev–Trinajstić information content (AvgIpc) is 3.49. The highest BCUT2D eigenvalue weighted by Gasteiger charge is 2.53. The lowest BCUT2D eigenvalue weighted by atomic mass is 9.91. The van der Waals surface area contributed by atoms with Gasteiger partial charge in [-0.25, -0.2) is 0 Å². The normalized spacial score (nSPS) is 21.0. The molecule has 2 amide bonds. The molecular weight excluding hydrogens is 404 g/mol. The van der Waals surface area contributed by atoms with Crippen molar-refractivity contribution in [1.29, 1.82) is 0 Å². The quantitative estimate of drug-likeness (QED) is 0.615. The molecule has 0 aromatic heterocycles. The molecule has 5 heteroatoms. The second-order valence-corrected chi connectivity index (χ2v) is 8.95. The van der Waals surface area contributed by atoms with Crippen LogP contribution >= 0.6 is 15.9 Å². The molecule has 1 heterocycles. The fraction of sp³-hybridized carbons (Fsp3) is 0.636. The molecule has 1 unspecified atom stereocenters. The molecule has 2 aliphatic rings. The Hall–Kier alpha value is -1.36. The Morgan fingerprint density at radius 3 is 2.59 bits per heavy atom. The molecule has 2 fully saturated rings. The predicted molar refractivity (Wildman–Crippen MR) is 112 cm³/mol. The topological polar surface area (TPSA) is 49.4 Å². The number of amides is 2. The van der Waals surface area contributed by atoms with E-state index in [1.54, 1.807) is 0 Å². The van der Waals surface area contributed by atoms with Crippen LogP contribution in [-0.2, 0) is 15.0 Å². The van der Waals surface area contributed by atoms with Crippen molar-refractivity contribution < 1.29 is 9.59 Å². The van der Waals surface area contributed by atoms with Gasteiger partial charge in [0.25, 0.3) is 0 Å². The molecule has 4 nitrogen and oxygen atoms in total. The Labute approximate surface area is 171 Å². The lowest BCUT2D eigenvalue weighted by Crippen LogP contribution is -2.48. The summed E-state index contributed by atoms with van der Waals surface area (Å²) in [5.41, 5.74) is 0.761. The Balaban J connectivity index is 1.55. The third-order valence-corrected chi connectivity index (χ3v) is 6.49. The number of carbonyl (C=O) groups is 2. The van der Waals surface area contributed by atoms with Crippen LogP contribution in [0, 0.1) is 5.92 Å². The molecule has 0 radical (unpaired) electrons. The lowest BCUT2D eigenvalue weighted by Gasteiger charge is -2.34. The van der Waals surface area contributed by atoms with Crippen LogP contribution in [0.4, 0.5) is 0 Å². The minimum atomic E-state index is -0.348. The number of carbonyl (C=O) groups excluding carboxylic acids is 2. The summed E-state index contributed by atoms with van der Waals surface area (Å²) in [5.74, 6) is 0.275. The van der Waals surface area contributed by atoms with Gasteiger partial charge in [0.1, 0.15) is 0 Å². The van der Waals surface area contributed by atoms with Crippen LogP contribution in [0.15, 0.2) is 28.7 Å². The number of hydrogen-bond acceptors (Lipinski definition) is 2. The minimum absolute atomic E-state index is 0.0606. The van der Waals surface area contributed by atoms with Crippen molar-refractivity contribution in [1.82, 2.24) is 10.2 Å². The summed E-state index contributed by atoms with van der Waals surface area (Å²) in [5, 5.41) is 3.08. The third-order valence-electron chi connectivity index (χ3n) is 5.97. The summed E-state index contributed by atoms with van der Waals surface area (Å²) < 4.78 is 1.03. The molecule has 1 atom stereocenters. The van der Waals surface area contributed by atoms with Crippen molar-refractivity contribution in [3.05, 3.63) is 34.3 Å². The van der Waals surface area contributed by atoms with Gasteiger partial charge in [-0.05, 0) is 49.8 Å². The summed E-state index contributed by atoms with van der Waals surface area (Å²) in [7, 11) is 0. The van der Waals surface area contributed by atoms with E-state index in [1.165, 1.54) is 19.3 Å². The summed E-state index contributed by atoms with van der Waals surface area (Å²) in [4.78, 5) is 27.7. The molecule has 1 aromatic carbocycles. The molecule has 148 valence electrons. The number of benzene rings is 1. The van der Waals surface area contributed by atoms with E-state index in [9.17, 15) is 9.59 Å². The van der Waals surface area contributed by atoms with Crippen LogP contribution in [0.3, 0.4) is 0 Å². The maximum atomic E-state index is 13.3. The van der Waals surface area contributed by atoms with Gasteiger partial charge >= 0.3 is 0 Å². The summed E-state index contributed by atoms with van der Waals surface area (Å²) in [6, 6.07) is 8.13. The first-order chi connectivity index (χ1) is 13.1. The Morgan fingerprint density at radius 2 is 1.93 bits per heavy atom. The fourth-order valence-corrected chi connectivity index (χ4v) is 4.37. The number of nitrogens with zero attached hydrogens (tertiary/aromatic N) is 1. The summed E-state index contributed by atoms with van der Waals surface area (Å²) >= 11 is 3.46. The van der Waals surface area contributed by atoms with Gasteiger partial charge in [-0.15, -0.1) is 0 Å². The third kappa shape index (κ3) is 4.92. The van der Waals surface area contributed by atoms with E-state index in [1.807, 2.05) is 17.0 Å². The molecule has 1 saturated carbocycles. The van der Waals surface area contributed by atoms with Crippen molar-refractivity contribution in [2.75, 3.05) is 19.6 Å². The van der Waals surface area contributed by atoms with Gasteiger partial charge in [-0.1, -0.05) is 54.2 Å². The molecule has 0 bridgehead atoms. The molecule has 1 aliphatic heterocycles. The fourth-order valence-electron chi connectivity index (χ4n) is 4.11. The van der Waals surface area contributed by atoms with Crippen molar-refractivity contribution in [3.8, 4) is 0 Å². The van der Waals surface area contributed by atoms with Crippen molar-refractivity contribution in [3.63, 3.8) is 0 Å². The van der Waals surface area contributed by atoms with Crippen LogP contribution in [0.2, 0.25) is 0 Å². The van der Waals surface area contributed by atoms with Crippen molar-refractivity contribution >= 4 is 27.7 Å². The van der Waals surface area contributed by atoms with E-state index >= 15 is 0 Å². The maximum absolute atomic E-state index is 13.3. The smallest absolute Gasteiger partial charge is 0.233 e. The van der Waals surface area contributed by atoms with Crippen LogP contribution in [0.1, 0.15) is 63.9 Å². The van der Waals surface area contributed by atoms with E-state index in [0.29, 0.717) is 6.54 Å². The average molecular weight is 435 g/mol. The zero-order chi connectivity index (χ0) is 19.3. The van der Waals surface area contributed by atoms with Gasteiger partial charge in [0.15, 0.2) is 0 Å². The SMILES string of the molecule is CCCCCCNC(=O)C1CCCN(C(=O)C2(c3ccc(Br)cc3)CC2)C1. The Kier molecular flexibility index (Phi) is 6.96. The first kappa shape index (κ1) is 20.4. The molecule has 3 rings (SSSR count). The number of piperidine rings is 1. The highest BCUT2D eigenvalue weighted by Crippen LogP contribution is 2.50. The van der Waals surface area contributed by atoms with Gasteiger partial charge in [0, 0.05) is 24.1 Å². The number of unbranched alkanes of at least 4 members (excludes halogenated alkanes) is 3. The van der Waals surface area contributed by atoms with Crippen LogP contribution in [0.5, 0.6) is 0 Å². The van der Waals surface area contributed by atoms with Gasteiger partial charge in [-0.2, -0.15) is 0 Å². The lowest BCUT2D eigenvalue weighted by molar-refractivity contribution is -0.138. The zero-order valence-corrected chi connectivity index (χ0v) is 17.9. The summed E-state index contributed by atoms with van der Waals surface area (Å²) in [6.45, 7) is 4.29. The van der Waals surface area contributed by atoms with Crippen LogP contribution in [0.25, 0.3) is 0 Å². The Bertz CT molecular complexity index is 655. The standard InChI is InChI=1S/C22H31BrN2O2/c1-2-3-4-5-14-24-20(26)17-7-6-15-25(16-17)21(27)22(12-13-22)18-8-10-19(23)11-9-18/h8-11,17H,2-7,12-16H2,1H3,(H,24,26). The van der Waals surface area contributed by atoms with Crippen LogP contribution < -0.4 is 5.32 Å².